The molecule has 2 nitrogen and oxygen atoms in total. The van der Waals surface area contributed by atoms with Gasteiger partial charge in [0.1, 0.15) is 0 Å². The Kier molecular flexibility index (Phi) is 7.58. The van der Waals surface area contributed by atoms with Crippen LogP contribution in [0.25, 0.3) is 0 Å². The fraction of sp³-hybridized carbons (Fsp3) is 1.00. The number of hydrogen-bond donors (Lipinski definition) is 2. The maximum absolute atomic E-state index is 9.01. The molecule has 3 N–H and O–H groups in total. The minimum Gasteiger partial charge on any atom is -0.391 e. The zero-order valence-electron chi connectivity index (χ0n) is 6.55. The van der Waals surface area contributed by atoms with Crippen molar-refractivity contribution in [3.05, 3.63) is 0 Å². The molecule has 0 bridgehead atoms. The molecule has 0 saturated heterocycles. The lowest BCUT2D eigenvalue weighted by molar-refractivity contribution is 0.208. The Hall–Kier alpha value is 0.270. The van der Waals surface area contributed by atoms with Crippen molar-refractivity contribution in [1.82, 2.24) is 0 Å². The number of nitrogens with two attached hydrogens (primary N) is 1. The Morgan fingerprint density at radius 1 is 1.60 bits per heavy atom. The normalized spacial score (nSPS) is 13.5. The molecule has 0 amide bonds. The fourth-order valence-electron chi connectivity index (χ4n) is 0.534. The summed E-state index contributed by atoms with van der Waals surface area (Å²) in [4.78, 5) is 0. The van der Waals surface area contributed by atoms with Gasteiger partial charge < -0.3 is 10.8 Å². The van der Waals surface area contributed by atoms with Crippen molar-refractivity contribution >= 4 is 11.8 Å². The van der Waals surface area contributed by atoms with Gasteiger partial charge >= 0.3 is 0 Å². The van der Waals surface area contributed by atoms with Gasteiger partial charge in [0.15, 0.2) is 0 Å². The predicted octanol–water partition coefficient (Wildman–Crippen LogP) is 0.839. The van der Waals surface area contributed by atoms with Crippen LogP contribution in [0.15, 0.2) is 0 Å². The highest BCUT2D eigenvalue weighted by molar-refractivity contribution is 7.99. The summed E-state index contributed by atoms with van der Waals surface area (Å²) in [5, 5.41) is 9.01. The molecule has 0 radical (unpaired) electrons. The van der Waals surface area contributed by atoms with Crippen LogP contribution in [0.4, 0.5) is 0 Å². The van der Waals surface area contributed by atoms with E-state index in [-0.39, 0.29) is 6.10 Å². The number of aliphatic hydroxyl groups is 1. The van der Waals surface area contributed by atoms with E-state index in [4.69, 9.17) is 10.8 Å². The van der Waals surface area contributed by atoms with Crippen molar-refractivity contribution in [2.24, 2.45) is 5.73 Å². The van der Waals surface area contributed by atoms with Crippen LogP contribution < -0.4 is 5.73 Å². The molecule has 0 aromatic rings. The lowest BCUT2D eigenvalue weighted by atomic mass is 10.4. The summed E-state index contributed by atoms with van der Waals surface area (Å²) in [6.45, 7) is 2.55. The molecule has 62 valence electrons. The highest BCUT2D eigenvalue weighted by atomic mass is 32.2. The van der Waals surface area contributed by atoms with E-state index in [2.05, 4.69) is 6.92 Å². The molecule has 0 aromatic heterocycles. The average Bonchev–Trinajstić information content (AvgIpc) is 1.98. The lowest BCUT2D eigenvalue weighted by Crippen LogP contribution is -2.22. The molecule has 0 heterocycles. The van der Waals surface area contributed by atoms with E-state index in [9.17, 15) is 0 Å². The Bertz CT molecular complexity index is 70.6. The standard InChI is InChI=1S/C7H17NOS/c1-2-3-4-10-6-7(9)5-8/h7,9H,2-6,8H2,1H3. The summed E-state index contributed by atoms with van der Waals surface area (Å²) in [5.74, 6) is 1.93. The minimum atomic E-state index is -0.304. The summed E-state index contributed by atoms with van der Waals surface area (Å²) in [6.07, 6.45) is 2.16. The van der Waals surface area contributed by atoms with E-state index in [1.54, 1.807) is 11.8 Å². The molecule has 1 atom stereocenters. The van der Waals surface area contributed by atoms with Gasteiger partial charge in [-0.15, -0.1) is 0 Å². The van der Waals surface area contributed by atoms with Crippen LogP contribution >= 0.6 is 11.8 Å². The molecule has 3 heteroatoms. The Balaban J connectivity index is 2.89. The van der Waals surface area contributed by atoms with Crippen LogP contribution in [-0.2, 0) is 0 Å². The van der Waals surface area contributed by atoms with Crippen molar-refractivity contribution in [2.45, 2.75) is 25.9 Å². The van der Waals surface area contributed by atoms with Crippen molar-refractivity contribution in [3.63, 3.8) is 0 Å². The topological polar surface area (TPSA) is 46.2 Å². The van der Waals surface area contributed by atoms with E-state index in [0.717, 1.165) is 11.5 Å². The number of unbranched alkanes of at least 4 members (excludes halogenated alkanes) is 1. The quantitative estimate of drug-likeness (QED) is 0.570. The van der Waals surface area contributed by atoms with Crippen molar-refractivity contribution < 1.29 is 5.11 Å². The summed E-state index contributed by atoms with van der Waals surface area (Å²) in [5.41, 5.74) is 5.22. The smallest absolute Gasteiger partial charge is 0.0752 e. The maximum atomic E-state index is 9.01. The Morgan fingerprint density at radius 2 is 2.30 bits per heavy atom. The molecule has 0 aliphatic carbocycles. The summed E-state index contributed by atoms with van der Waals surface area (Å²) >= 11 is 1.78. The van der Waals surface area contributed by atoms with Gasteiger partial charge in [0.05, 0.1) is 6.10 Å². The molecule has 1 unspecified atom stereocenters. The van der Waals surface area contributed by atoms with Crippen molar-refractivity contribution in [1.29, 1.82) is 0 Å². The molecule has 10 heavy (non-hydrogen) atoms. The van der Waals surface area contributed by atoms with Gasteiger partial charge in [0, 0.05) is 12.3 Å². The van der Waals surface area contributed by atoms with E-state index in [1.807, 2.05) is 0 Å². The summed E-state index contributed by atoms with van der Waals surface area (Å²) in [7, 11) is 0. The van der Waals surface area contributed by atoms with Crippen LogP contribution in [0, 0.1) is 0 Å². The van der Waals surface area contributed by atoms with Gasteiger partial charge in [-0.2, -0.15) is 11.8 Å². The van der Waals surface area contributed by atoms with Gasteiger partial charge in [-0.05, 0) is 12.2 Å². The largest absolute Gasteiger partial charge is 0.391 e. The second-order valence-electron chi connectivity index (χ2n) is 2.32. The first-order valence-electron chi connectivity index (χ1n) is 3.77. The van der Waals surface area contributed by atoms with E-state index < -0.39 is 0 Å². The van der Waals surface area contributed by atoms with Crippen LogP contribution in [0.3, 0.4) is 0 Å². The molecule has 0 aliphatic rings. The van der Waals surface area contributed by atoms with Gasteiger partial charge in [0.25, 0.3) is 0 Å². The first-order chi connectivity index (χ1) is 4.81. The maximum Gasteiger partial charge on any atom is 0.0752 e. The van der Waals surface area contributed by atoms with Gasteiger partial charge in [-0.3, -0.25) is 0 Å². The average molecular weight is 163 g/mol. The monoisotopic (exact) mass is 163 g/mol. The molecule has 0 aliphatic heterocycles. The lowest BCUT2D eigenvalue weighted by Gasteiger charge is -2.05. The molecular weight excluding hydrogens is 146 g/mol. The summed E-state index contributed by atoms with van der Waals surface area (Å²) in [6, 6.07) is 0. The van der Waals surface area contributed by atoms with Crippen LogP contribution in [0.2, 0.25) is 0 Å². The first-order valence-corrected chi connectivity index (χ1v) is 4.92. The molecule has 0 saturated carbocycles. The predicted molar refractivity (Wildman–Crippen MR) is 47.3 cm³/mol. The summed E-state index contributed by atoms with van der Waals surface area (Å²) < 4.78 is 0. The molecule has 0 fully saturated rings. The Morgan fingerprint density at radius 3 is 2.80 bits per heavy atom. The van der Waals surface area contributed by atoms with Crippen LogP contribution in [-0.4, -0.2) is 29.3 Å². The number of thioether (sulfide) groups is 1. The van der Waals surface area contributed by atoms with Gasteiger partial charge in [-0.25, -0.2) is 0 Å². The second kappa shape index (κ2) is 7.38. The zero-order chi connectivity index (χ0) is 7.82. The molecule has 0 aromatic carbocycles. The van der Waals surface area contributed by atoms with Crippen molar-refractivity contribution in [3.8, 4) is 0 Å². The first kappa shape index (κ1) is 10.3. The molecule has 0 rings (SSSR count). The number of rotatable bonds is 6. The van der Waals surface area contributed by atoms with E-state index in [0.29, 0.717) is 6.54 Å². The Labute approximate surface area is 67.2 Å². The molecule has 0 spiro atoms. The third-order valence-electron chi connectivity index (χ3n) is 1.22. The van der Waals surface area contributed by atoms with E-state index in [1.165, 1.54) is 12.8 Å². The number of aliphatic hydroxyl groups excluding tert-OH is 1. The molecular formula is C7H17NOS. The second-order valence-corrected chi connectivity index (χ2v) is 3.47. The van der Waals surface area contributed by atoms with Gasteiger partial charge in [-0.1, -0.05) is 13.3 Å². The third-order valence-corrected chi connectivity index (χ3v) is 2.42. The van der Waals surface area contributed by atoms with Gasteiger partial charge in [0.2, 0.25) is 0 Å². The third kappa shape index (κ3) is 6.39. The highest BCUT2D eigenvalue weighted by Crippen LogP contribution is 2.05. The SMILES string of the molecule is CCCCSCC(O)CN. The fourth-order valence-corrected chi connectivity index (χ4v) is 1.60. The zero-order valence-corrected chi connectivity index (χ0v) is 7.36. The number of hydrogen-bond acceptors (Lipinski definition) is 3. The van der Waals surface area contributed by atoms with E-state index >= 15 is 0 Å². The van der Waals surface area contributed by atoms with Crippen LogP contribution in [0.1, 0.15) is 19.8 Å². The van der Waals surface area contributed by atoms with Crippen LogP contribution in [0.5, 0.6) is 0 Å². The van der Waals surface area contributed by atoms with Crippen molar-refractivity contribution in [2.75, 3.05) is 18.1 Å². The highest BCUT2D eigenvalue weighted by Gasteiger charge is 1.98. The minimum absolute atomic E-state index is 0.304.